The number of hydrogen-bond acceptors (Lipinski definition) is 2. The average molecular weight is 204 g/mol. The lowest BCUT2D eigenvalue weighted by molar-refractivity contribution is 0.0688. The average Bonchev–Trinajstić information content (AvgIpc) is 2.55. The fraction of sp³-hybridized carbons (Fsp3) is 0.273. The number of carboxylic acids is 1. The number of rotatable bonds is 2. The van der Waals surface area contributed by atoms with E-state index in [1.165, 1.54) is 0 Å². The van der Waals surface area contributed by atoms with E-state index in [9.17, 15) is 4.79 Å². The van der Waals surface area contributed by atoms with E-state index in [4.69, 9.17) is 5.11 Å². The second-order valence-electron chi connectivity index (χ2n) is 3.41. The monoisotopic (exact) mass is 204 g/mol. The Kier molecular flexibility index (Phi) is 2.19. The Labute approximate surface area is 87.2 Å². The van der Waals surface area contributed by atoms with E-state index in [0.717, 1.165) is 17.8 Å². The zero-order valence-electron chi connectivity index (χ0n) is 8.69. The van der Waals surface area contributed by atoms with Crippen molar-refractivity contribution in [2.75, 3.05) is 0 Å². The molecule has 0 aliphatic carbocycles. The van der Waals surface area contributed by atoms with Crippen molar-refractivity contribution in [1.29, 1.82) is 0 Å². The molecule has 4 heteroatoms. The molecular formula is C11H12N2O2. The molecule has 0 radical (unpaired) electrons. The summed E-state index contributed by atoms with van der Waals surface area (Å²) < 4.78 is 1.68. The number of carbonyl (C=O) groups is 1. The number of nitrogens with zero attached hydrogens (tertiary/aromatic N) is 2. The molecular weight excluding hydrogens is 192 g/mol. The summed E-state index contributed by atoms with van der Waals surface area (Å²) in [5, 5.41) is 9.04. The quantitative estimate of drug-likeness (QED) is 0.812. The molecule has 0 saturated heterocycles. The summed E-state index contributed by atoms with van der Waals surface area (Å²) in [6.45, 7) is 3.90. The summed E-state index contributed by atoms with van der Waals surface area (Å²) in [7, 11) is 0. The zero-order chi connectivity index (χ0) is 11.0. The molecule has 2 aromatic heterocycles. The molecule has 0 bridgehead atoms. The van der Waals surface area contributed by atoms with Gasteiger partial charge < -0.3 is 5.11 Å². The number of carboxylic acid groups (broad SMARTS) is 1. The molecule has 4 nitrogen and oxygen atoms in total. The Balaban J connectivity index is 2.84. The van der Waals surface area contributed by atoms with Crippen LogP contribution >= 0.6 is 0 Å². The molecule has 0 spiro atoms. The number of pyridine rings is 1. The maximum Gasteiger partial charge on any atom is 0.352 e. The van der Waals surface area contributed by atoms with Gasteiger partial charge in [0.2, 0.25) is 0 Å². The normalized spacial score (nSPS) is 10.8. The molecule has 0 amide bonds. The molecule has 0 aliphatic rings. The third kappa shape index (κ3) is 1.38. The highest BCUT2D eigenvalue weighted by Gasteiger charge is 2.13. The van der Waals surface area contributed by atoms with Gasteiger partial charge in [-0.15, -0.1) is 0 Å². The van der Waals surface area contributed by atoms with Crippen molar-refractivity contribution < 1.29 is 9.90 Å². The van der Waals surface area contributed by atoms with Crippen molar-refractivity contribution >= 4 is 11.6 Å². The van der Waals surface area contributed by atoms with Crippen molar-refractivity contribution in [2.24, 2.45) is 0 Å². The molecule has 78 valence electrons. The third-order valence-electron chi connectivity index (χ3n) is 2.53. The predicted octanol–water partition coefficient (Wildman–Crippen LogP) is 1.90. The highest BCUT2D eigenvalue weighted by atomic mass is 16.4. The first-order valence-corrected chi connectivity index (χ1v) is 4.85. The van der Waals surface area contributed by atoms with Gasteiger partial charge in [0.15, 0.2) is 0 Å². The number of aryl methyl sites for hydroxylation is 2. The Morgan fingerprint density at radius 3 is 2.87 bits per heavy atom. The summed E-state index contributed by atoms with van der Waals surface area (Å²) in [6, 6.07) is 5.12. The van der Waals surface area contributed by atoms with Crippen molar-refractivity contribution in [3.63, 3.8) is 0 Å². The Bertz CT molecular complexity index is 529. The predicted molar refractivity (Wildman–Crippen MR) is 56.3 cm³/mol. The maximum atomic E-state index is 11.0. The van der Waals surface area contributed by atoms with Crippen LogP contribution in [0.3, 0.4) is 0 Å². The Morgan fingerprint density at radius 1 is 1.53 bits per heavy atom. The van der Waals surface area contributed by atoms with Crippen LogP contribution in [0.15, 0.2) is 18.2 Å². The Morgan fingerprint density at radius 2 is 2.27 bits per heavy atom. The van der Waals surface area contributed by atoms with E-state index in [-0.39, 0.29) is 5.69 Å². The summed E-state index contributed by atoms with van der Waals surface area (Å²) in [4.78, 5) is 15.4. The zero-order valence-corrected chi connectivity index (χ0v) is 8.69. The highest BCUT2D eigenvalue weighted by Crippen LogP contribution is 2.15. The number of hydrogen-bond donors (Lipinski definition) is 1. The van der Waals surface area contributed by atoms with E-state index in [0.29, 0.717) is 5.65 Å². The summed E-state index contributed by atoms with van der Waals surface area (Å²) in [5.41, 5.74) is 2.82. The molecule has 2 aromatic rings. The minimum atomic E-state index is -0.927. The van der Waals surface area contributed by atoms with Gasteiger partial charge in [-0.25, -0.2) is 9.78 Å². The topological polar surface area (TPSA) is 54.6 Å². The molecule has 0 saturated carbocycles. The van der Waals surface area contributed by atoms with E-state index in [2.05, 4.69) is 4.98 Å². The molecule has 15 heavy (non-hydrogen) atoms. The largest absolute Gasteiger partial charge is 0.477 e. The van der Waals surface area contributed by atoms with Gasteiger partial charge in [-0.1, -0.05) is 13.0 Å². The van der Waals surface area contributed by atoms with Gasteiger partial charge in [0.25, 0.3) is 0 Å². The van der Waals surface area contributed by atoms with Gasteiger partial charge in [-0.05, 0) is 25.5 Å². The van der Waals surface area contributed by atoms with Gasteiger partial charge in [0.05, 0.1) is 5.69 Å². The maximum absolute atomic E-state index is 11.0. The van der Waals surface area contributed by atoms with Gasteiger partial charge in [-0.3, -0.25) is 4.40 Å². The first-order valence-electron chi connectivity index (χ1n) is 4.85. The van der Waals surface area contributed by atoms with Crippen molar-refractivity contribution in [2.45, 2.75) is 20.3 Å². The van der Waals surface area contributed by atoms with E-state index < -0.39 is 5.97 Å². The molecule has 0 unspecified atom stereocenters. The van der Waals surface area contributed by atoms with Crippen LogP contribution in [0.4, 0.5) is 0 Å². The van der Waals surface area contributed by atoms with Crippen LogP contribution in [0.1, 0.15) is 28.8 Å². The van der Waals surface area contributed by atoms with Crippen LogP contribution in [0.25, 0.3) is 5.65 Å². The second kappa shape index (κ2) is 3.38. The molecule has 2 rings (SSSR count). The van der Waals surface area contributed by atoms with Crippen molar-refractivity contribution in [3.05, 3.63) is 35.3 Å². The van der Waals surface area contributed by atoms with Gasteiger partial charge in [0.1, 0.15) is 11.3 Å². The van der Waals surface area contributed by atoms with Crippen LogP contribution in [0, 0.1) is 6.92 Å². The van der Waals surface area contributed by atoms with E-state index in [1.54, 1.807) is 16.5 Å². The standard InChI is InChI=1S/C11H12N2O2/c1-3-8-7(2)13-9(11(14)15)5-4-6-10(13)12-8/h4-6H,3H2,1-2H3,(H,14,15). The number of aromatic nitrogens is 2. The molecule has 0 aliphatic heterocycles. The summed E-state index contributed by atoms with van der Waals surface area (Å²) >= 11 is 0. The summed E-state index contributed by atoms with van der Waals surface area (Å²) in [6.07, 6.45) is 0.812. The van der Waals surface area contributed by atoms with E-state index in [1.807, 2.05) is 19.9 Å². The molecule has 0 atom stereocenters. The smallest absolute Gasteiger partial charge is 0.352 e. The van der Waals surface area contributed by atoms with Crippen LogP contribution in [-0.2, 0) is 6.42 Å². The third-order valence-corrected chi connectivity index (χ3v) is 2.53. The first kappa shape index (κ1) is 9.71. The molecule has 1 N–H and O–H groups in total. The molecule has 2 heterocycles. The fourth-order valence-corrected chi connectivity index (χ4v) is 1.79. The van der Waals surface area contributed by atoms with Crippen LogP contribution in [0.5, 0.6) is 0 Å². The van der Waals surface area contributed by atoms with Crippen LogP contribution in [-0.4, -0.2) is 20.5 Å². The minimum absolute atomic E-state index is 0.261. The van der Waals surface area contributed by atoms with Crippen molar-refractivity contribution in [1.82, 2.24) is 9.38 Å². The van der Waals surface area contributed by atoms with Crippen LogP contribution in [0.2, 0.25) is 0 Å². The fourth-order valence-electron chi connectivity index (χ4n) is 1.79. The highest BCUT2D eigenvalue weighted by molar-refractivity contribution is 5.86. The molecule has 0 aromatic carbocycles. The molecule has 0 fully saturated rings. The lowest BCUT2D eigenvalue weighted by Crippen LogP contribution is -2.05. The van der Waals surface area contributed by atoms with Gasteiger partial charge in [0, 0.05) is 5.69 Å². The second-order valence-corrected chi connectivity index (χ2v) is 3.41. The number of imidazole rings is 1. The van der Waals surface area contributed by atoms with E-state index >= 15 is 0 Å². The lowest BCUT2D eigenvalue weighted by atomic mass is 10.3. The Hall–Kier alpha value is -1.84. The lowest BCUT2D eigenvalue weighted by Gasteiger charge is -2.01. The minimum Gasteiger partial charge on any atom is -0.477 e. The number of fused-ring (bicyclic) bond motifs is 1. The summed E-state index contributed by atoms with van der Waals surface area (Å²) in [5.74, 6) is -0.927. The van der Waals surface area contributed by atoms with Crippen LogP contribution < -0.4 is 0 Å². The number of aromatic carboxylic acids is 1. The van der Waals surface area contributed by atoms with Gasteiger partial charge >= 0.3 is 5.97 Å². The van der Waals surface area contributed by atoms with Gasteiger partial charge in [-0.2, -0.15) is 0 Å². The first-order chi connectivity index (χ1) is 7.15. The van der Waals surface area contributed by atoms with Crippen molar-refractivity contribution in [3.8, 4) is 0 Å². The SMILES string of the molecule is CCc1nc2cccc(C(=O)O)n2c1C.